The topological polar surface area (TPSA) is 69.6 Å². The van der Waals surface area contributed by atoms with Crippen molar-refractivity contribution in [2.45, 2.75) is 46.0 Å². The molecule has 2 atom stereocenters. The highest BCUT2D eigenvalue weighted by Crippen LogP contribution is 2.44. The summed E-state index contributed by atoms with van der Waals surface area (Å²) in [7, 11) is 0. The number of likely N-dealkylation sites (tertiary alicyclic amines) is 1. The quantitative estimate of drug-likeness (QED) is 0.813. The van der Waals surface area contributed by atoms with Crippen molar-refractivity contribution in [3.8, 4) is 0 Å². The molecule has 2 aliphatic rings. The van der Waals surface area contributed by atoms with Crippen LogP contribution in [-0.4, -0.2) is 41.6 Å². The van der Waals surface area contributed by atoms with Crippen LogP contribution in [0.5, 0.6) is 0 Å². The van der Waals surface area contributed by atoms with Gasteiger partial charge in [0, 0.05) is 26.1 Å². The van der Waals surface area contributed by atoms with E-state index in [0.29, 0.717) is 17.9 Å². The number of nitrogens with one attached hydrogen (secondary N) is 1. The lowest BCUT2D eigenvalue weighted by Crippen LogP contribution is -2.47. The Morgan fingerprint density at radius 1 is 1.45 bits per heavy atom. The van der Waals surface area contributed by atoms with E-state index in [-0.39, 0.29) is 18.4 Å². The molecule has 0 spiro atoms. The summed E-state index contributed by atoms with van der Waals surface area (Å²) in [6.07, 6.45) is 4.59. The fourth-order valence-electron chi connectivity index (χ4n) is 2.89. The number of aliphatic carboxylic acids is 1. The molecule has 2 unspecified atom stereocenters. The van der Waals surface area contributed by atoms with Gasteiger partial charge in [0.15, 0.2) is 0 Å². The molecule has 0 aromatic carbocycles. The van der Waals surface area contributed by atoms with Gasteiger partial charge in [0.25, 0.3) is 0 Å². The number of urea groups is 1. The standard InChI is InChI=1S/C15H26N2O3/c1-11(8-13(18)19)12-4-3-7-17(9-12)14(20)16-10-15(2)5-6-15/h11-12H,3-10H2,1-2H3,(H,16,20)(H,18,19). The van der Waals surface area contributed by atoms with Crippen molar-refractivity contribution in [3.63, 3.8) is 0 Å². The molecule has 5 nitrogen and oxygen atoms in total. The largest absolute Gasteiger partial charge is 0.481 e. The summed E-state index contributed by atoms with van der Waals surface area (Å²) < 4.78 is 0. The molecule has 2 amide bonds. The number of nitrogens with zero attached hydrogens (tertiary/aromatic N) is 1. The highest BCUT2D eigenvalue weighted by Gasteiger charge is 2.38. The Morgan fingerprint density at radius 3 is 2.75 bits per heavy atom. The molecule has 0 radical (unpaired) electrons. The van der Waals surface area contributed by atoms with Crippen LogP contribution in [0.4, 0.5) is 4.79 Å². The van der Waals surface area contributed by atoms with Gasteiger partial charge in [0.05, 0.1) is 0 Å². The van der Waals surface area contributed by atoms with Crippen molar-refractivity contribution in [3.05, 3.63) is 0 Å². The summed E-state index contributed by atoms with van der Waals surface area (Å²) in [6, 6.07) is 0.0188. The van der Waals surface area contributed by atoms with Crippen LogP contribution in [0.3, 0.4) is 0 Å². The summed E-state index contributed by atoms with van der Waals surface area (Å²) in [5, 5.41) is 11.9. The van der Waals surface area contributed by atoms with E-state index in [2.05, 4.69) is 12.2 Å². The Hall–Kier alpha value is -1.26. The lowest BCUT2D eigenvalue weighted by molar-refractivity contribution is -0.138. The minimum absolute atomic E-state index is 0.0188. The fourth-order valence-corrected chi connectivity index (χ4v) is 2.89. The second-order valence-electron chi connectivity index (χ2n) is 6.89. The van der Waals surface area contributed by atoms with Gasteiger partial charge in [-0.3, -0.25) is 4.79 Å². The molecule has 1 aliphatic heterocycles. The third-order valence-electron chi connectivity index (χ3n) is 4.82. The van der Waals surface area contributed by atoms with E-state index in [1.54, 1.807) is 0 Å². The first kappa shape index (κ1) is 15.1. The van der Waals surface area contributed by atoms with E-state index < -0.39 is 5.97 Å². The molecule has 5 heteroatoms. The van der Waals surface area contributed by atoms with E-state index in [1.807, 2.05) is 11.8 Å². The Morgan fingerprint density at radius 2 is 2.15 bits per heavy atom. The first-order valence-electron chi connectivity index (χ1n) is 7.64. The minimum Gasteiger partial charge on any atom is -0.481 e. The number of carboxylic acid groups (broad SMARTS) is 1. The zero-order chi connectivity index (χ0) is 14.8. The molecule has 0 bridgehead atoms. The first-order valence-corrected chi connectivity index (χ1v) is 7.64. The number of hydrogen-bond acceptors (Lipinski definition) is 2. The normalized spacial score (nSPS) is 25.9. The third kappa shape index (κ3) is 4.12. The number of carbonyl (C=O) groups excluding carboxylic acids is 1. The zero-order valence-electron chi connectivity index (χ0n) is 12.5. The number of carboxylic acids is 1. The first-order chi connectivity index (χ1) is 9.39. The van der Waals surface area contributed by atoms with Crippen LogP contribution in [0.1, 0.15) is 46.0 Å². The summed E-state index contributed by atoms with van der Waals surface area (Å²) >= 11 is 0. The van der Waals surface area contributed by atoms with Crippen molar-refractivity contribution in [2.75, 3.05) is 19.6 Å². The molecular weight excluding hydrogens is 256 g/mol. The molecule has 1 heterocycles. The fraction of sp³-hybridized carbons (Fsp3) is 0.867. The summed E-state index contributed by atoms with van der Waals surface area (Å²) in [6.45, 7) is 6.42. The Bertz CT molecular complexity index is 379. The van der Waals surface area contributed by atoms with Crippen molar-refractivity contribution in [1.82, 2.24) is 10.2 Å². The van der Waals surface area contributed by atoms with Gasteiger partial charge in [0.2, 0.25) is 0 Å². The lowest BCUT2D eigenvalue weighted by Gasteiger charge is -2.35. The van der Waals surface area contributed by atoms with Gasteiger partial charge in [-0.05, 0) is 42.9 Å². The molecule has 2 fully saturated rings. The SMILES string of the molecule is CC(CC(=O)O)C1CCCN(C(=O)NCC2(C)CC2)C1. The van der Waals surface area contributed by atoms with E-state index >= 15 is 0 Å². The monoisotopic (exact) mass is 282 g/mol. The molecule has 2 N–H and O–H groups in total. The van der Waals surface area contributed by atoms with Crippen LogP contribution in [0.15, 0.2) is 0 Å². The van der Waals surface area contributed by atoms with Crippen molar-refractivity contribution >= 4 is 12.0 Å². The van der Waals surface area contributed by atoms with Crippen molar-refractivity contribution in [1.29, 1.82) is 0 Å². The lowest BCUT2D eigenvalue weighted by atomic mass is 9.85. The predicted octanol–water partition coefficient (Wildman–Crippen LogP) is 2.32. The Balaban J connectivity index is 1.79. The van der Waals surface area contributed by atoms with Gasteiger partial charge in [-0.2, -0.15) is 0 Å². The highest BCUT2D eigenvalue weighted by atomic mass is 16.4. The molecule has 1 saturated heterocycles. The zero-order valence-corrected chi connectivity index (χ0v) is 12.5. The van der Waals surface area contributed by atoms with Crippen LogP contribution < -0.4 is 5.32 Å². The molecule has 2 rings (SSSR count). The molecule has 0 aromatic rings. The van der Waals surface area contributed by atoms with Crippen LogP contribution in [-0.2, 0) is 4.79 Å². The average Bonchev–Trinajstić information content (AvgIpc) is 3.14. The molecular formula is C15H26N2O3. The maximum absolute atomic E-state index is 12.2. The predicted molar refractivity (Wildman–Crippen MR) is 76.5 cm³/mol. The highest BCUT2D eigenvalue weighted by molar-refractivity contribution is 5.74. The second kappa shape index (κ2) is 6.02. The van der Waals surface area contributed by atoms with Gasteiger partial charge < -0.3 is 15.3 Å². The molecule has 20 heavy (non-hydrogen) atoms. The van der Waals surface area contributed by atoms with Crippen LogP contribution in [0.25, 0.3) is 0 Å². The number of piperidine rings is 1. The summed E-state index contributed by atoms with van der Waals surface area (Å²) in [5.41, 5.74) is 0.321. The van der Waals surface area contributed by atoms with Gasteiger partial charge in [-0.1, -0.05) is 13.8 Å². The van der Waals surface area contributed by atoms with Crippen LogP contribution in [0, 0.1) is 17.3 Å². The molecule has 0 aromatic heterocycles. The molecule has 114 valence electrons. The van der Waals surface area contributed by atoms with Gasteiger partial charge in [0.1, 0.15) is 0 Å². The van der Waals surface area contributed by atoms with Crippen LogP contribution in [0.2, 0.25) is 0 Å². The second-order valence-corrected chi connectivity index (χ2v) is 6.89. The number of hydrogen-bond donors (Lipinski definition) is 2. The summed E-state index contributed by atoms with van der Waals surface area (Å²) in [5.74, 6) is -0.313. The molecule has 1 aliphatic carbocycles. The number of carbonyl (C=O) groups is 2. The van der Waals surface area contributed by atoms with Crippen molar-refractivity contribution in [2.24, 2.45) is 17.3 Å². The van der Waals surface area contributed by atoms with Crippen LogP contribution >= 0.6 is 0 Å². The number of amides is 2. The van der Waals surface area contributed by atoms with Gasteiger partial charge >= 0.3 is 12.0 Å². The Kier molecular flexibility index (Phi) is 4.55. The Labute approximate surface area is 120 Å². The van der Waals surface area contributed by atoms with E-state index in [1.165, 1.54) is 12.8 Å². The minimum atomic E-state index is -0.749. The third-order valence-corrected chi connectivity index (χ3v) is 4.82. The van der Waals surface area contributed by atoms with Gasteiger partial charge in [-0.25, -0.2) is 4.79 Å². The molecule has 1 saturated carbocycles. The maximum Gasteiger partial charge on any atom is 0.317 e. The summed E-state index contributed by atoms with van der Waals surface area (Å²) in [4.78, 5) is 24.8. The van der Waals surface area contributed by atoms with Gasteiger partial charge in [-0.15, -0.1) is 0 Å². The smallest absolute Gasteiger partial charge is 0.317 e. The van der Waals surface area contributed by atoms with E-state index in [4.69, 9.17) is 5.11 Å². The number of rotatable bonds is 5. The average molecular weight is 282 g/mol. The maximum atomic E-state index is 12.2. The van der Waals surface area contributed by atoms with Crippen molar-refractivity contribution < 1.29 is 14.7 Å². The van der Waals surface area contributed by atoms with E-state index in [0.717, 1.165) is 25.9 Å². The van der Waals surface area contributed by atoms with E-state index in [9.17, 15) is 9.59 Å².